The van der Waals surface area contributed by atoms with Crippen LogP contribution < -0.4 is 5.73 Å². The minimum absolute atomic E-state index is 0.0499. The SMILES string of the molecule is Nc1nc(-c2ccccn2)nc(Cl)c1C(F)(F)F. The highest BCUT2D eigenvalue weighted by Crippen LogP contribution is 2.37. The van der Waals surface area contributed by atoms with Crippen molar-refractivity contribution in [3.8, 4) is 11.5 Å². The van der Waals surface area contributed by atoms with Crippen molar-refractivity contribution in [1.82, 2.24) is 15.0 Å². The molecule has 0 aliphatic heterocycles. The third-order valence-electron chi connectivity index (χ3n) is 2.07. The molecular weight excluding hydrogens is 269 g/mol. The number of nitrogens with zero attached hydrogens (tertiary/aromatic N) is 3. The molecule has 0 unspecified atom stereocenters. The zero-order valence-electron chi connectivity index (χ0n) is 8.74. The second-order valence-corrected chi connectivity index (χ2v) is 3.67. The molecule has 4 nitrogen and oxygen atoms in total. The molecule has 0 amide bonds. The number of hydrogen-bond donors (Lipinski definition) is 1. The van der Waals surface area contributed by atoms with Crippen molar-refractivity contribution in [2.75, 3.05) is 5.73 Å². The molecule has 0 aromatic carbocycles. The number of pyridine rings is 1. The lowest BCUT2D eigenvalue weighted by molar-refractivity contribution is -0.137. The fourth-order valence-corrected chi connectivity index (χ4v) is 1.61. The number of anilines is 1. The summed E-state index contributed by atoms with van der Waals surface area (Å²) >= 11 is 5.49. The highest BCUT2D eigenvalue weighted by molar-refractivity contribution is 6.30. The Bertz CT molecular complexity index is 548. The number of nitrogens with two attached hydrogens (primary N) is 1. The van der Waals surface area contributed by atoms with Gasteiger partial charge in [0.2, 0.25) is 0 Å². The molecule has 2 N–H and O–H groups in total. The standard InChI is InChI=1S/C10H6ClF3N4/c11-7-6(10(12,13)14)8(15)18-9(17-7)5-3-1-2-4-16-5/h1-4H,(H2,15,17,18). The maximum absolute atomic E-state index is 12.6. The Balaban J connectivity index is 2.57. The van der Waals surface area contributed by atoms with Gasteiger partial charge in [0.05, 0.1) is 0 Å². The first-order valence-corrected chi connectivity index (χ1v) is 5.09. The summed E-state index contributed by atoms with van der Waals surface area (Å²) in [6.07, 6.45) is -3.23. The van der Waals surface area contributed by atoms with Crippen molar-refractivity contribution in [2.45, 2.75) is 6.18 Å². The summed E-state index contributed by atoms with van der Waals surface area (Å²) in [5.41, 5.74) is 4.32. The van der Waals surface area contributed by atoms with Gasteiger partial charge in [-0.25, -0.2) is 9.97 Å². The van der Waals surface area contributed by atoms with Gasteiger partial charge in [-0.1, -0.05) is 17.7 Å². The smallest absolute Gasteiger partial charge is 0.383 e. The van der Waals surface area contributed by atoms with Crippen LogP contribution in [0.1, 0.15) is 5.56 Å². The normalized spacial score (nSPS) is 11.6. The van der Waals surface area contributed by atoms with Gasteiger partial charge in [0, 0.05) is 6.20 Å². The highest BCUT2D eigenvalue weighted by Gasteiger charge is 2.37. The molecule has 0 saturated heterocycles. The molecule has 8 heteroatoms. The molecule has 2 heterocycles. The Kier molecular flexibility index (Phi) is 3.08. The van der Waals surface area contributed by atoms with Gasteiger partial charge in [0.1, 0.15) is 22.2 Å². The zero-order valence-corrected chi connectivity index (χ0v) is 9.50. The van der Waals surface area contributed by atoms with E-state index in [0.29, 0.717) is 5.69 Å². The van der Waals surface area contributed by atoms with E-state index in [2.05, 4.69) is 15.0 Å². The number of aromatic nitrogens is 3. The van der Waals surface area contributed by atoms with Gasteiger partial charge < -0.3 is 5.73 Å². The van der Waals surface area contributed by atoms with E-state index < -0.39 is 22.7 Å². The maximum atomic E-state index is 12.6. The molecule has 2 rings (SSSR count). The van der Waals surface area contributed by atoms with E-state index in [-0.39, 0.29) is 5.82 Å². The summed E-state index contributed by atoms with van der Waals surface area (Å²) in [4.78, 5) is 11.0. The lowest BCUT2D eigenvalue weighted by atomic mass is 10.2. The largest absolute Gasteiger partial charge is 0.422 e. The van der Waals surface area contributed by atoms with Crippen LogP contribution >= 0.6 is 11.6 Å². The summed E-state index contributed by atoms with van der Waals surface area (Å²) in [6, 6.07) is 4.84. The van der Waals surface area contributed by atoms with Gasteiger partial charge in [-0.3, -0.25) is 4.98 Å². The molecule has 94 valence electrons. The Morgan fingerprint density at radius 3 is 2.39 bits per heavy atom. The fraction of sp³-hybridized carbons (Fsp3) is 0.100. The highest BCUT2D eigenvalue weighted by atomic mass is 35.5. The van der Waals surface area contributed by atoms with E-state index in [0.717, 1.165) is 0 Å². The van der Waals surface area contributed by atoms with Gasteiger partial charge >= 0.3 is 6.18 Å². The van der Waals surface area contributed by atoms with Crippen LogP contribution in [0.4, 0.5) is 19.0 Å². The average molecular weight is 275 g/mol. The van der Waals surface area contributed by atoms with Crippen LogP contribution in [0.3, 0.4) is 0 Å². The van der Waals surface area contributed by atoms with Crippen LogP contribution in [0.15, 0.2) is 24.4 Å². The Morgan fingerprint density at radius 1 is 1.17 bits per heavy atom. The summed E-state index contributed by atoms with van der Waals surface area (Å²) in [5.74, 6) is -0.769. The Morgan fingerprint density at radius 2 is 1.89 bits per heavy atom. The van der Waals surface area contributed by atoms with Gasteiger partial charge in [0.15, 0.2) is 5.82 Å². The molecule has 0 fully saturated rings. The van der Waals surface area contributed by atoms with E-state index in [1.165, 1.54) is 6.20 Å². The number of hydrogen-bond acceptors (Lipinski definition) is 4. The van der Waals surface area contributed by atoms with Crippen LogP contribution in [0.2, 0.25) is 5.15 Å². The number of rotatable bonds is 1. The third kappa shape index (κ3) is 2.35. The minimum atomic E-state index is -4.69. The second kappa shape index (κ2) is 4.41. The van der Waals surface area contributed by atoms with Crippen LogP contribution in [0.25, 0.3) is 11.5 Å². The first-order valence-electron chi connectivity index (χ1n) is 4.71. The first kappa shape index (κ1) is 12.6. The van der Waals surface area contributed by atoms with Crippen molar-refractivity contribution < 1.29 is 13.2 Å². The second-order valence-electron chi connectivity index (χ2n) is 3.31. The molecule has 0 atom stereocenters. The van der Waals surface area contributed by atoms with Crippen LogP contribution in [-0.4, -0.2) is 15.0 Å². The van der Waals surface area contributed by atoms with Crippen molar-refractivity contribution in [2.24, 2.45) is 0 Å². The maximum Gasteiger partial charge on any atom is 0.422 e. The Hall–Kier alpha value is -1.89. The van der Waals surface area contributed by atoms with E-state index in [1.807, 2.05) is 0 Å². The van der Waals surface area contributed by atoms with Gasteiger partial charge in [-0.2, -0.15) is 13.2 Å². The molecule has 0 aliphatic carbocycles. The van der Waals surface area contributed by atoms with Crippen molar-refractivity contribution in [1.29, 1.82) is 0 Å². The lowest BCUT2D eigenvalue weighted by Crippen LogP contribution is -2.13. The summed E-state index contributed by atoms with van der Waals surface area (Å²) < 4.78 is 37.8. The number of alkyl halides is 3. The number of nitrogen functional groups attached to an aromatic ring is 1. The van der Waals surface area contributed by atoms with E-state index >= 15 is 0 Å². The molecule has 0 saturated carbocycles. The van der Waals surface area contributed by atoms with Crippen molar-refractivity contribution in [3.63, 3.8) is 0 Å². The molecule has 2 aromatic heterocycles. The quantitative estimate of drug-likeness (QED) is 0.812. The van der Waals surface area contributed by atoms with E-state index in [1.54, 1.807) is 18.2 Å². The molecule has 0 spiro atoms. The molecule has 0 aliphatic rings. The van der Waals surface area contributed by atoms with Gasteiger partial charge in [-0.05, 0) is 12.1 Å². The Labute approximate surface area is 105 Å². The molecule has 2 aromatic rings. The van der Waals surface area contributed by atoms with Crippen LogP contribution in [0.5, 0.6) is 0 Å². The molecule has 0 bridgehead atoms. The molecule has 0 radical (unpaired) electrons. The average Bonchev–Trinajstić information content (AvgIpc) is 2.27. The minimum Gasteiger partial charge on any atom is -0.383 e. The predicted octanol–water partition coefficient (Wildman–Crippen LogP) is 2.79. The molecular formula is C10H6ClF3N4. The topological polar surface area (TPSA) is 64.7 Å². The van der Waals surface area contributed by atoms with Crippen LogP contribution in [-0.2, 0) is 6.18 Å². The fourth-order valence-electron chi connectivity index (χ4n) is 1.32. The first-order chi connectivity index (χ1) is 8.39. The van der Waals surface area contributed by atoms with E-state index in [9.17, 15) is 13.2 Å². The van der Waals surface area contributed by atoms with E-state index in [4.69, 9.17) is 17.3 Å². The zero-order chi connectivity index (χ0) is 13.3. The van der Waals surface area contributed by atoms with Crippen molar-refractivity contribution >= 4 is 17.4 Å². The lowest BCUT2D eigenvalue weighted by Gasteiger charge is -2.11. The van der Waals surface area contributed by atoms with Crippen molar-refractivity contribution in [3.05, 3.63) is 35.1 Å². The van der Waals surface area contributed by atoms with Crippen LogP contribution in [0, 0.1) is 0 Å². The third-order valence-corrected chi connectivity index (χ3v) is 2.34. The molecule has 18 heavy (non-hydrogen) atoms. The summed E-state index contributed by atoms with van der Waals surface area (Å²) in [6.45, 7) is 0. The van der Waals surface area contributed by atoms with Gasteiger partial charge in [-0.15, -0.1) is 0 Å². The predicted molar refractivity (Wildman–Crippen MR) is 59.7 cm³/mol. The van der Waals surface area contributed by atoms with Gasteiger partial charge in [0.25, 0.3) is 0 Å². The summed E-state index contributed by atoms with van der Waals surface area (Å²) in [5, 5.41) is -0.740. The number of halogens is 4. The summed E-state index contributed by atoms with van der Waals surface area (Å²) in [7, 11) is 0. The monoisotopic (exact) mass is 274 g/mol.